The van der Waals surface area contributed by atoms with Gasteiger partial charge in [-0.2, -0.15) is 0 Å². The number of carbonyl (C=O) groups excluding carboxylic acids is 1. The third kappa shape index (κ3) is 3.78. The molecule has 3 rings (SSSR count). The van der Waals surface area contributed by atoms with Crippen LogP contribution in [0.15, 0.2) is 58.4 Å². The van der Waals surface area contributed by atoms with Gasteiger partial charge in [0.15, 0.2) is 11.5 Å². The fraction of sp³-hybridized carbons (Fsp3) is 0.176. The van der Waals surface area contributed by atoms with Crippen LogP contribution in [0, 0.1) is 0 Å². The number of aromatic nitrogens is 1. The normalized spacial score (nSPS) is 10.5. The van der Waals surface area contributed by atoms with Crippen LogP contribution in [0.3, 0.4) is 0 Å². The number of carbonyl (C=O) groups is 1. The number of thiophene rings is 1. The second-order valence-electron chi connectivity index (χ2n) is 4.94. The van der Waals surface area contributed by atoms with Crippen LogP contribution in [0.25, 0.3) is 10.6 Å². The van der Waals surface area contributed by atoms with Gasteiger partial charge in [0.1, 0.15) is 12.4 Å². The topological polar surface area (TPSA) is 55.6 Å². The minimum absolute atomic E-state index is 0.187. The summed E-state index contributed by atoms with van der Waals surface area (Å²) in [5, 5.41) is 5.81. The van der Waals surface area contributed by atoms with Crippen LogP contribution in [0.2, 0.25) is 0 Å². The first-order valence-corrected chi connectivity index (χ1v) is 8.06. The van der Waals surface area contributed by atoms with E-state index in [-0.39, 0.29) is 5.91 Å². The first kappa shape index (κ1) is 15.3. The number of ether oxygens (including phenoxy) is 1. The number of benzene rings is 1. The van der Waals surface area contributed by atoms with Crippen molar-refractivity contribution < 1.29 is 14.1 Å². The second-order valence-corrected chi connectivity index (χ2v) is 5.89. The molecule has 1 aromatic carbocycles. The van der Waals surface area contributed by atoms with Crippen LogP contribution in [-0.4, -0.2) is 36.2 Å². The van der Waals surface area contributed by atoms with E-state index >= 15 is 0 Å². The molecule has 0 radical (unpaired) electrons. The summed E-state index contributed by atoms with van der Waals surface area (Å²) >= 11 is 1.54. The molecule has 0 unspecified atom stereocenters. The molecule has 0 saturated heterocycles. The zero-order chi connectivity index (χ0) is 16.1. The maximum absolute atomic E-state index is 12.3. The van der Waals surface area contributed by atoms with Gasteiger partial charge in [-0.3, -0.25) is 4.79 Å². The van der Waals surface area contributed by atoms with E-state index in [2.05, 4.69) is 5.16 Å². The molecular formula is C17H16N2O3S. The van der Waals surface area contributed by atoms with Crippen LogP contribution in [0.4, 0.5) is 0 Å². The van der Waals surface area contributed by atoms with Crippen molar-refractivity contribution in [1.29, 1.82) is 0 Å². The Morgan fingerprint density at radius 2 is 2.09 bits per heavy atom. The van der Waals surface area contributed by atoms with Gasteiger partial charge in [-0.1, -0.05) is 29.4 Å². The molecule has 0 spiro atoms. The molecule has 0 aliphatic carbocycles. The third-order valence-corrected chi connectivity index (χ3v) is 4.16. The highest BCUT2D eigenvalue weighted by molar-refractivity contribution is 7.13. The zero-order valence-electron chi connectivity index (χ0n) is 12.6. The van der Waals surface area contributed by atoms with Crippen molar-refractivity contribution in [2.24, 2.45) is 0 Å². The molecule has 1 amide bonds. The maximum atomic E-state index is 12.3. The number of amides is 1. The SMILES string of the molecule is CN(CCOc1ccccc1)C(=O)c1cc(-c2cccs2)on1. The summed E-state index contributed by atoms with van der Waals surface area (Å²) in [7, 11) is 1.72. The molecule has 118 valence electrons. The summed E-state index contributed by atoms with van der Waals surface area (Å²) < 4.78 is 10.8. The van der Waals surface area contributed by atoms with Crippen molar-refractivity contribution in [3.63, 3.8) is 0 Å². The summed E-state index contributed by atoms with van der Waals surface area (Å²) in [6.07, 6.45) is 0. The zero-order valence-corrected chi connectivity index (χ0v) is 13.5. The van der Waals surface area contributed by atoms with Crippen LogP contribution >= 0.6 is 11.3 Å². The smallest absolute Gasteiger partial charge is 0.275 e. The number of likely N-dealkylation sites (N-methyl/N-ethyl adjacent to an activating group) is 1. The van der Waals surface area contributed by atoms with Crippen molar-refractivity contribution in [2.45, 2.75) is 0 Å². The molecule has 0 saturated carbocycles. The minimum Gasteiger partial charge on any atom is -0.492 e. The number of para-hydroxylation sites is 1. The summed E-state index contributed by atoms with van der Waals surface area (Å²) in [4.78, 5) is 14.8. The summed E-state index contributed by atoms with van der Waals surface area (Å²) in [5.74, 6) is 1.21. The fourth-order valence-corrected chi connectivity index (χ4v) is 2.70. The van der Waals surface area contributed by atoms with Crippen LogP contribution in [0.1, 0.15) is 10.5 Å². The van der Waals surface area contributed by atoms with E-state index in [9.17, 15) is 4.79 Å². The Hall–Kier alpha value is -2.60. The molecule has 0 aliphatic heterocycles. The van der Waals surface area contributed by atoms with Gasteiger partial charge in [0.2, 0.25) is 0 Å². The van der Waals surface area contributed by atoms with E-state index in [0.29, 0.717) is 24.6 Å². The minimum atomic E-state index is -0.187. The van der Waals surface area contributed by atoms with Gasteiger partial charge in [0, 0.05) is 13.1 Å². The van der Waals surface area contributed by atoms with Crippen molar-refractivity contribution in [1.82, 2.24) is 10.1 Å². The molecule has 23 heavy (non-hydrogen) atoms. The Kier molecular flexibility index (Phi) is 4.73. The number of nitrogens with zero attached hydrogens (tertiary/aromatic N) is 2. The molecule has 3 aromatic rings. The number of hydrogen-bond donors (Lipinski definition) is 0. The standard InChI is InChI=1S/C17H16N2O3S/c1-19(9-10-21-13-6-3-2-4-7-13)17(20)14-12-15(22-18-14)16-8-5-11-23-16/h2-8,11-12H,9-10H2,1H3. The van der Waals surface area contributed by atoms with E-state index < -0.39 is 0 Å². The van der Waals surface area contributed by atoms with Crippen molar-refractivity contribution >= 4 is 17.2 Å². The van der Waals surface area contributed by atoms with Gasteiger partial charge in [-0.05, 0) is 23.6 Å². The lowest BCUT2D eigenvalue weighted by Crippen LogP contribution is -2.31. The van der Waals surface area contributed by atoms with Crippen molar-refractivity contribution in [2.75, 3.05) is 20.2 Å². The lowest BCUT2D eigenvalue weighted by atomic mass is 10.3. The predicted molar refractivity (Wildman–Crippen MR) is 88.7 cm³/mol. The maximum Gasteiger partial charge on any atom is 0.275 e. The molecule has 0 aliphatic rings. The Balaban J connectivity index is 1.55. The van der Waals surface area contributed by atoms with Gasteiger partial charge in [0.25, 0.3) is 5.91 Å². The fourth-order valence-electron chi connectivity index (χ4n) is 2.03. The largest absolute Gasteiger partial charge is 0.492 e. The average Bonchev–Trinajstić information content (AvgIpc) is 3.26. The summed E-state index contributed by atoms with van der Waals surface area (Å²) in [6, 6.07) is 15.0. The molecule has 0 N–H and O–H groups in total. The number of rotatable bonds is 6. The Labute approximate surface area is 138 Å². The molecule has 0 fully saturated rings. The lowest BCUT2D eigenvalue weighted by molar-refractivity contribution is 0.0763. The molecular weight excluding hydrogens is 312 g/mol. The van der Waals surface area contributed by atoms with Crippen molar-refractivity contribution in [3.8, 4) is 16.4 Å². The average molecular weight is 328 g/mol. The molecule has 6 heteroatoms. The van der Waals surface area contributed by atoms with E-state index in [1.54, 1.807) is 29.4 Å². The third-order valence-electron chi connectivity index (χ3n) is 3.28. The van der Waals surface area contributed by atoms with E-state index in [1.807, 2.05) is 47.8 Å². The van der Waals surface area contributed by atoms with Gasteiger partial charge in [-0.15, -0.1) is 11.3 Å². The highest BCUT2D eigenvalue weighted by Gasteiger charge is 2.17. The monoisotopic (exact) mass is 328 g/mol. The molecule has 2 heterocycles. The van der Waals surface area contributed by atoms with E-state index in [4.69, 9.17) is 9.26 Å². The Bertz CT molecular complexity index is 753. The highest BCUT2D eigenvalue weighted by Crippen LogP contribution is 2.25. The summed E-state index contributed by atoms with van der Waals surface area (Å²) in [5.41, 5.74) is 0.301. The van der Waals surface area contributed by atoms with Crippen LogP contribution in [-0.2, 0) is 0 Å². The first-order valence-electron chi connectivity index (χ1n) is 7.18. The molecule has 0 bridgehead atoms. The lowest BCUT2D eigenvalue weighted by Gasteiger charge is -2.15. The molecule has 0 atom stereocenters. The van der Waals surface area contributed by atoms with Crippen molar-refractivity contribution in [3.05, 3.63) is 59.6 Å². The summed E-state index contributed by atoms with van der Waals surface area (Å²) in [6.45, 7) is 0.886. The van der Waals surface area contributed by atoms with Gasteiger partial charge >= 0.3 is 0 Å². The van der Waals surface area contributed by atoms with Gasteiger partial charge < -0.3 is 14.2 Å². The first-order chi connectivity index (χ1) is 11.2. The Morgan fingerprint density at radius 3 is 2.83 bits per heavy atom. The van der Waals surface area contributed by atoms with Gasteiger partial charge in [-0.25, -0.2) is 0 Å². The molecule has 2 aromatic heterocycles. The highest BCUT2D eigenvalue weighted by atomic mass is 32.1. The second kappa shape index (κ2) is 7.11. The number of hydrogen-bond acceptors (Lipinski definition) is 5. The van der Waals surface area contributed by atoms with Crippen LogP contribution in [0.5, 0.6) is 5.75 Å². The Morgan fingerprint density at radius 1 is 1.26 bits per heavy atom. The van der Waals surface area contributed by atoms with E-state index in [0.717, 1.165) is 10.6 Å². The molecule has 5 nitrogen and oxygen atoms in total. The quantitative estimate of drug-likeness (QED) is 0.694. The van der Waals surface area contributed by atoms with E-state index in [1.165, 1.54) is 0 Å². The van der Waals surface area contributed by atoms with Crippen LogP contribution < -0.4 is 4.74 Å². The predicted octanol–water partition coefficient (Wildman–Crippen LogP) is 3.55. The van der Waals surface area contributed by atoms with Gasteiger partial charge in [0.05, 0.1) is 11.4 Å².